The number of carbonyl (C=O) groups excluding carboxylic acids is 2. The number of aromatic nitrogens is 5. The molecule has 1 aliphatic heterocycles. The molecule has 0 aromatic carbocycles. The molecule has 1 saturated heterocycles. The number of amides is 2. The van der Waals surface area contributed by atoms with Crippen molar-refractivity contribution < 1.29 is 22.8 Å². The molecule has 0 radical (unpaired) electrons. The average molecular weight is 532 g/mol. The van der Waals surface area contributed by atoms with Crippen molar-refractivity contribution >= 4 is 17.5 Å². The Morgan fingerprint density at radius 3 is 2.76 bits per heavy atom. The van der Waals surface area contributed by atoms with E-state index in [0.29, 0.717) is 35.2 Å². The van der Waals surface area contributed by atoms with Crippen molar-refractivity contribution in [2.24, 2.45) is 23.7 Å². The number of carbonyl (C=O) groups is 2. The summed E-state index contributed by atoms with van der Waals surface area (Å²) in [4.78, 5) is 30.2. The van der Waals surface area contributed by atoms with Crippen molar-refractivity contribution in [2.75, 3.05) is 6.54 Å². The predicted octanol–water partition coefficient (Wildman–Crippen LogP) is 3.71. The molecule has 5 atom stereocenters. The zero-order valence-electron chi connectivity index (χ0n) is 21.4. The van der Waals surface area contributed by atoms with Crippen LogP contribution >= 0.6 is 0 Å². The normalized spacial score (nSPS) is 24.9. The van der Waals surface area contributed by atoms with Gasteiger partial charge >= 0.3 is 6.18 Å². The summed E-state index contributed by atoms with van der Waals surface area (Å²) in [7, 11) is 0. The third-order valence-corrected chi connectivity index (χ3v) is 7.84. The van der Waals surface area contributed by atoms with Crippen molar-refractivity contribution in [3.63, 3.8) is 0 Å². The minimum Gasteiger partial charge on any atom is -0.355 e. The summed E-state index contributed by atoms with van der Waals surface area (Å²) in [5.74, 6) is -2.22. The highest BCUT2D eigenvalue weighted by molar-refractivity contribution is 5.92. The number of hydrogen-bond donors (Lipinski definition) is 2. The SMILES string of the molecule is CCn1nccc1C(=O)N[C@H](c1cn2nc(CC3C[C@@H](C(F)(F)F)CNC3=O)ccc2n1)[C@H]1CC[C@H](C)C1. The van der Waals surface area contributed by atoms with Gasteiger partial charge in [-0.3, -0.25) is 14.3 Å². The Balaban J connectivity index is 1.38. The third-order valence-electron chi connectivity index (χ3n) is 7.84. The molecule has 1 aliphatic carbocycles. The first-order valence-electron chi connectivity index (χ1n) is 13.1. The molecule has 2 fully saturated rings. The first-order chi connectivity index (χ1) is 18.1. The predicted molar refractivity (Wildman–Crippen MR) is 132 cm³/mol. The van der Waals surface area contributed by atoms with E-state index in [2.05, 4.69) is 27.8 Å². The molecule has 5 rings (SSSR count). The summed E-state index contributed by atoms with van der Waals surface area (Å²) in [5.41, 5.74) is 2.23. The monoisotopic (exact) mass is 531 g/mol. The minimum atomic E-state index is -4.35. The van der Waals surface area contributed by atoms with E-state index in [0.717, 1.165) is 19.3 Å². The molecule has 1 unspecified atom stereocenters. The van der Waals surface area contributed by atoms with Gasteiger partial charge in [0.05, 0.1) is 29.5 Å². The largest absolute Gasteiger partial charge is 0.393 e. The number of nitrogens with one attached hydrogen (secondary N) is 2. The Bertz CT molecular complexity index is 1320. The molecule has 1 saturated carbocycles. The highest BCUT2D eigenvalue weighted by atomic mass is 19.4. The number of rotatable bonds is 7. The van der Waals surface area contributed by atoms with Gasteiger partial charge in [0.25, 0.3) is 5.91 Å². The van der Waals surface area contributed by atoms with Crippen LogP contribution in [-0.4, -0.2) is 48.9 Å². The van der Waals surface area contributed by atoms with Gasteiger partial charge < -0.3 is 10.6 Å². The van der Waals surface area contributed by atoms with E-state index in [-0.39, 0.29) is 43.2 Å². The van der Waals surface area contributed by atoms with Gasteiger partial charge in [-0.25, -0.2) is 9.50 Å². The van der Waals surface area contributed by atoms with E-state index in [9.17, 15) is 22.8 Å². The molecule has 2 amide bonds. The van der Waals surface area contributed by atoms with Crippen molar-refractivity contribution in [3.05, 3.63) is 47.7 Å². The fraction of sp³-hybridized carbons (Fsp3) is 0.577. The second-order valence-electron chi connectivity index (χ2n) is 10.6. The minimum absolute atomic E-state index is 0.100. The van der Waals surface area contributed by atoms with Crippen LogP contribution in [0.5, 0.6) is 0 Å². The average Bonchev–Trinajstić information content (AvgIpc) is 3.62. The summed E-state index contributed by atoms with van der Waals surface area (Å²) in [5, 5.41) is 14.3. The maximum Gasteiger partial charge on any atom is 0.393 e. The number of imidazole rings is 1. The Labute approximate surface area is 218 Å². The maximum atomic E-state index is 13.2. The van der Waals surface area contributed by atoms with Gasteiger partial charge in [-0.15, -0.1) is 0 Å². The number of hydrogen-bond acceptors (Lipinski definition) is 5. The number of halogens is 3. The van der Waals surface area contributed by atoms with Gasteiger partial charge in [0, 0.05) is 31.6 Å². The molecular weight excluding hydrogens is 499 g/mol. The number of piperidine rings is 1. The molecule has 38 heavy (non-hydrogen) atoms. The fourth-order valence-corrected chi connectivity index (χ4v) is 5.76. The Morgan fingerprint density at radius 2 is 2.05 bits per heavy atom. The van der Waals surface area contributed by atoms with Crippen molar-refractivity contribution in [1.82, 2.24) is 35.0 Å². The van der Waals surface area contributed by atoms with Crippen LogP contribution in [0.25, 0.3) is 5.65 Å². The van der Waals surface area contributed by atoms with Crippen LogP contribution in [0.3, 0.4) is 0 Å². The Hall–Kier alpha value is -3.44. The Morgan fingerprint density at radius 1 is 1.24 bits per heavy atom. The summed E-state index contributed by atoms with van der Waals surface area (Å²) >= 11 is 0. The topological polar surface area (TPSA) is 106 Å². The van der Waals surface area contributed by atoms with Gasteiger partial charge in [0.2, 0.25) is 5.91 Å². The lowest BCUT2D eigenvalue weighted by Gasteiger charge is -2.30. The van der Waals surface area contributed by atoms with Crippen LogP contribution in [0.15, 0.2) is 30.6 Å². The van der Waals surface area contributed by atoms with Crippen LogP contribution < -0.4 is 10.6 Å². The molecule has 9 nitrogen and oxygen atoms in total. The van der Waals surface area contributed by atoms with E-state index in [4.69, 9.17) is 4.98 Å². The second kappa shape index (κ2) is 10.4. The van der Waals surface area contributed by atoms with Gasteiger partial charge in [-0.05, 0) is 56.2 Å². The van der Waals surface area contributed by atoms with E-state index < -0.39 is 18.0 Å². The molecule has 12 heteroatoms. The number of aryl methyl sites for hydroxylation is 1. The first-order valence-corrected chi connectivity index (χ1v) is 13.1. The molecule has 4 heterocycles. The second-order valence-corrected chi connectivity index (χ2v) is 10.6. The molecule has 204 valence electrons. The summed E-state index contributed by atoms with van der Waals surface area (Å²) in [6.07, 6.45) is 1.85. The van der Waals surface area contributed by atoms with Crippen LogP contribution in [0, 0.1) is 23.7 Å². The fourth-order valence-electron chi connectivity index (χ4n) is 5.76. The lowest BCUT2D eigenvalue weighted by molar-refractivity contribution is -0.183. The standard InChI is InChI=1S/C26H32F3N7O2/c1-3-35-21(8-9-31-35)25(38)33-23(16-5-4-15(2)10-16)20-14-36-22(32-20)7-6-19(34-36)12-17-11-18(26(27,28)29)13-30-24(17)37/h6-9,14-18,23H,3-5,10-13H2,1-2H3,(H,30,37)(H,33,38)/t15-,16-,17?,18+,23-/m0/s1. The lowest BCUT2D eigenvalue weighted by atomic mass is 9.86. The molecule has 3 aromatic rings. The molecule has 3 aromatic heterocycles. The highest BCUT2D eigenvalue weighted by Gasteiger charge is 2.44. The van der Waals surface area contributed by atoms with Gasteiger partial charge in [-0.1, -0.05) is 13.3 Å². The summed E-state index contributed by atoms with van der Waals surface area (Å²) in [6.45, 7) is 4.31. The zero-order chi connectivity index (χ0) is 27.0. The molecule has 2 aliphatic rings. The molecular formula is C26H32F3N7O2. The molecule has 0 spiro atoms. The number of nitrogens with zero attached hydrogens (tertiary/aromatic N) is 5. The van der Waals surface area contributed by atoms with Crippen LogP contribution in [0.1, 0.15) is 67.4 Å². The van der Waals surface area contributed by atoms with Crippen LogP contribution in [-0.2, 0) is 17.8 Å². The summed E-state index contributed by atoms with van der Waals surface area (Å²) in [6, 6.07) is 4.81. The highest BCUT2D eigenvalue weighted by Crippen LogP contribution is 2.39. The van der Waals surface area contributed by atoms with Crippen molar-refractivity contribution in [1.29, 1.82) is 0 Å². The summed E-state index contributed by atoms with van der Waals surface area (Å²) < 4.78 is 42.9. The van der Waals surface area contributed by atoms with Crippen LogP contribution in [0.2, 0.25) is 0 Å². The maximum absolute atomic E-state index is 13.2. The molecule has 0 bridgehead atoms. The third kappa shape index (κ3) is 5.39. The van der Waals surface area contributed by atoms with Gasteiger partial charge in [-0.2, -0.15) is 23.4 Å². The smallest absolute Gasteiger partial charge is 0.355 e. The zero-order valence-corrected chi connectivity index (χ0v) is 21.4. The van der Waals surface area contributed by atoms with Gasteiger partial charge in [0.15, 0.2) is 5.65 Å². The molecule has 2 N–H and O–H groups in total. The van der Waals surface area contributed by atoms with E-state index in [1.807, 2.05) is 6.92 Å². The first kappa shape index (κ1) is 26.2. The van der Waals surface area contributed by atoms with E-state index >= 15 is 0 Å². The van der Waals surface area contributed by atoms with Crippen LogP contribution in [0.4, 0.5) is 13.2 Å². The quantitative estimate of drug-likeness (QED) is 0.484. The van der Waals surface area contributed by atoms with Crippen molar-refractivity contribution in [2.45, 2.75) is 64.7 Å². The van der Waals surface area contributed by atoms with E-state index in [1.54, 1.807) is 39.8 Å². The van der Waals surface area contributed by atoms with Gasteiger partial charge in [0.1, 0.15) is 5.69 Å². The Kier molecular flexibility index (Phi) is 7.15. The number of fused-ring (bicyclic) bond motifs is 1. The number of alkyl halides is 3. The van der Waals surface area contributed by atoms with Crippen molar-refractivity contribution in [3.8, 4) is 0 Å². The lowest BCUT2D eigenvalue weighted by Crippen LogP contribution is -2.47. The van der Waals surface area contributed by atoms with E-state index in [1.165, 1.54) is 0 Å².